The Bertz CT molecular complexity index is 964. The van der Waals surface area contributed by atoms with Crippen LogP contribution >= 0.6 is 0 Å². The van der Waals surface area contributed by atoms with E-state index in [0.29, 0.717) is 5.56 Å². The number of benzene rings is 2. The van der Waals surface area contributed by atoms with Crippen LogP contribution in [0, 0.1) is 0 Å². The van der Waals surface area contributed by atoms with E-state index in [1.807, 2.05) is 0 Å². The second-order valence-corrected chi connectivity index (χ2v) is 6.54. The smallest absolute Gasteiger partial charge is 0.335 e. The second kappa shape index (κ2) is 7.05. The summed E-state index contributed by atoms with van der Waals surface area (Å²) in [5.74, 6) is -3.09. The Kier molecular flexibility index (Phi) is 5.08. The molecule has 2 rings (SSSR count). The molecule has 0 aromatic heterocycles. The third-order valence-corrected chi connectivity index (χ3v) is 4.46. The summed E-state index contributed by atoms with van der Waals surface area (Å²) in [7, 11) is -4.25. The number of sulfonamides is 1. The van der Waals surface area contributed by atoms with Crippen LogP contribution in [0.1, 0.15) is 15.9 Å². The number of carboxylic acid groups (broad SMARTS) is 2. The van der Waals surface area contributed by atoms with Gasteiger partial charge in [-0.15, -0.1) is 0 Å². The number of aliphatic carboxylic acids is 1. The number of aromatic hydroxyl groups is 1. The minimum atomic E-state index is -4.25. The number of anilines is 1. The Hall–Kier alpha value is -3.33. The van der Waals surface area contributed by atoms with Crippen molar-refractivity contribution in [2.45, 2.75) is 4.90 Å². The average Bonchev–Trinajstić information content (AvgIpc) is 2.52. The molecule has 0 fully saturated rings. The number of aromatic carboxylic acids is 1. The van der Waals surface area contributed by atoms with Crippen molar-refractivity contribution < 1.29 is 33.3 Å². The summed E-state index contributed by atoms with van der Waals surface area (Å²) in [5, 5.41) is 27.3. The van der Waals surface area contributed by atoms with Crippen LogP contribution in [0.25, 0.3) is 6.08 Å². The molecule has 0 spiro atoms. The van der Waals surface area contributed by atoms with Crippen LogP contribution in [-0.2, 0) is 14.8 Å². The molecule has 0 radical (unpaired) electrons. The fraction of sp³-hybridized carbons (Fsp3) is 0. The summed E-state index contributed by atoms with van der Waals surface area (Å²) in [4.78, 5) is 20.9. The molecule has 0 aliphatic carbocycles. The van der Waals surface area contributed by atoms with Crippen LogP contribution in [0.2, 0.25) is 0 Å². The van der Waals surface area contributed by atoms with Crippen molar-refractivity contribution >= 4 is 33.7 Å². The SMILES string of the molecule is O=C(O)C=Cc1cccc(NS(=O)(=O)c2cc(C(=O)O)ccc2O)c1. The number of hydrogen-bond donors (Lipinski definition) is 4. The lowest BCUT2D eigenvalue weighted by molar-refractivity contribution is -0.131. The summed E-state index contributed by atoms with van der Waals surface area (Å²) in [6.45, 7) is 0. The van der Waals surface area contributed by atoms with E-state index >= 15 is 0 Å². The zero-order valence-corrected chi connectivity index (χ0v) is 13.4. The van der Waals surface area contributed by atoms with Crippen molar-refractivity contribution in [1.82, 2.24) is 0 Å². The molecule has 0 saturated carbocycles. The fourth-order valence-electron chi connectivity index (χ4n) is 1.95. The van der Waals surface area contributed by atoms with Gasteiger partial charge >= 0.3 is 11.9 Å². The highest BCUT2D eigenvalue weighted by Gasteiger charge is 2.21. The van der Waals surface area contributed by atoms with Crippen LogP contribution in [0.4, 0.5) is 5.69 Å². The third-order valence-electron chi connectivity index (χ3n) is 3.05. The number of hydrogen-bond acceptors (Lipinski definition) is 5. The summed E-state index contributed by atoms with van der Waals surface area (Å²) in [5.41, 5.74) is 0.259. The summed E-state index contributed by atoms with van der Waals surface area (Å²) >= 11 is 0. The third kappa shape index (κ3) is 4.58. The van der Waals surface area contributed by atoms with Crippen molar-refractivity contribution in [1.29, 1.82) is 0 Å². The quantitative estimate of drug-likeness (QED) is 0.575. The molecule has 130 valence electrons. The first kappa shape index (κ1) is 18.0. The fourth-order valence-corrected chi connectivity index (χ4v) is 3.12. The van der Waals surface area contributed by atoms with E-state index in [-0.39, 0.29) is 11.3 Å². The van der Waals surface area contributed by atoms with Crippen LogP contribution < -0.4 is 4.72 Å². The van der Waals surface area contributed by atoms with Crippen LogP contribution in [0.3, 0.4) is 0 Å². The Morgan fingerprint density at radius 3 is 2.40 bits per heavy atom. The predicted molar refractivity (Wildman–Crippen MR) is 89.0 cm³/mol. The molecule has 0 aliphatic heterocycles. The lowest BCUT2D eigenvalue weighted by atomic mass is 10.2. The largest absolute Gasteiger partial charge is 0.507 e. The van der Waals surface area contributed by atoms with Crippen molar-refractivity contribution in [2.75, 3.05) is 4.72 Å². The molecule has 25 heavy (non-hydrogen) atoms. The van der Waals surface area contributed by atoms with Crippen LogP contribution in [0.5, 0.6) is 5.75 Å². The van der Waals surface area contributed by atoms with E-state index in [4.69, 9.17) is 10.2 Å². The number of rotatable bonds is 6. The molecule has 0 amide bonds. The highest BCUT2D eigenvalue weighted by Crippen LogP contribution is 2.26. The minimum absolute atomic E-state index is 0.118. The molecular formula is C16H13NO7S. The van der Waals surface area contributed by atoms with Crippen molar-refractivity contribution in [3.8, 4) is 5.75 Å². The van der Waals surface area contributed by atoms with Gasteiger partial charge in [-0.05, 0) is 42.0 Å². The lowest BCUT2D eigenvalue weighted by Crippen LogP contribution is -2.14. The van der Waals surface area contributed by atoms with Gasteiger partial charge in [-0.25, -0.2) is 18.0 Å². The Labute approximate surface area is 142 Å². The van der Waals surface area contributed by atoms with Gasteiger partial charge < -0.3 is 15.3 Å². The van der Waals surface area contributed by atoms with Gasteiger partial charge in [0.1, 0.15) is 10.6 Å². The highest BCUT2D eigenvalue weighted by molar-refractivity contribution is 7.92. The summed E-state index contributed by atoms with van der Waals surface area (Å²) in [6, 6.07) is 8.78. The number of carbonyl (C=O) groups is 2. The number of phenols is 1. The van der Waals surface area contributed by atoms with E-state index in [1.165, 1.54) is 24.3 Å². The van der Waals surface area contributed by atoms with Crippen molar-refractivity contribution in [3.63, 3.8) is 0 Å². The Morgan fingerprint density at radius 2 is 1.76 bits per heavy atom. The first-order valence-corrected chi connectivity index (χ1v) is 8.27. The van der Waals surface area contributed by atoms with Gasteiger partial charge in [-0.1, -0.05) is 12.1 Å². The summed E-state index contributed by atoms with van der Waals surface area (Å²) in [6.07, 6.45) is 2.18. The molecule has 0 unspecified atom stereocenters. The minimum Gasteiger partial charge on any atom is -0.507 e. The van der Waals surface area contributed by atoms with E-state index in [9.17, 15) is 23.1 Å². The van der Waals surface area contributed by atoms with Crippen molar-refractivity contribution in [3.05, 3.63) is 59.7 Å². The van der Waals surface area contributed by atoms with E-state index in [0.717, 1.165) is 24.3 Å². The molecule has 8 nitrogen and oxygen atoms in total. The molecule has 0 heterocycles. The average molecular weight is 363 g/mol. The van der Waals surface area contributed by atoms with Crippen LogP contribution in [0.15, 0.2) is 53.4 Å². The van der Waals surface area contributed by atoms with Crippen molar-refractivity contribution in [2.24, 2.45) is 0 Å². The molecular weight excluding hydrogens is 350 g/mol. The Morgan fingerprint density at radius 1 is 1.04 bits per heavy atom. The van der Waals surface area contributed by atoms with E-state index < -0.39 is 32.6 Å². The monoisotopic (exact) mass is 363 g/mol. The normalized spacial score (nSPS) is 11.4. The van der Waals surface area contributed by atoms with E-state index in [2.05, 4.69) is 4.72 Å². The van der Waals surface area contributed by atoms with Gasteiger partial charge in [0.15, 0.2) is 0 Å². The first-order chi connectivity index (χ1) is 11.7. The van der Waals surface area contributed by atoms with E-state index in [1.54, 1.807) is 6.07 Å². The summed E-state index contributed by atoms with van der Waals surface area (Å²) < 4.78 is 27.0. The maximum atomic E-state index is 12.4. The zero-order chi connectivity index (χ0) is 18.6. The van der Waals surface area contributed by atoms with Gasteiger partial charge in [-0.2, -0.15) is 0 Å². The lowest BCUT2D eigenvalue weighted by Gasteiger charge is -2.10. The molecule has 2 aromatic carbocycles. The topological polar surface area (TPSA) is 141 Å². The highest BCUT2D eigenvalue weighted by atomic mass is 32.2. The molecule has 2 aromatic rings. The maximum absolute atomic E-state index is 12.4. The van der Waals surface area contributed by atoms with Gasteiger partial charge in [0.05, 0.1) is 5.56 Å². The molecule has 0 saturated heterocycles. The predicted octanol–water partition coefficient (Wildman–Crippen LogP) is 1.99. The molecule has 0 bridgehead atoms. The molecule has 0 atom stereocenters. The van der Waals surface area contributed by atoms with Gasteiger partial charge in [-0.3, -0.25) is 4.72 Å². The number of phenolic OH excluding ortho intramolecular Hbond substituents is 1. The standard InChI is InChI=1S/C16H13NO7S/c18-13-6-5-11(16(21)22)9-14(13)25(23,24)17-12-3-1-2-10(8-12)4-7-15(19)20/h1-9,17-18H,(H,19,20)(H,21,22). The molecule has 4 N–H and O–H groups in total. The zero-order valence-electron chi connectivity index (χ0n) is 12.6. The number of nitrogens with one attached hydrogen (secondary N) is 1. The number of carboxylic acids is 2. The van der Waals surface area contributed by atoms with Gasteiger partial charge in [0.2, 0.25) is 0 Å². The molecule has 0 aliphatic rings. The van der Waals surface area contributed by atoms with Gasteiger partial charge in [0, 0.05) is 11.8 Å². The van der Waals surface area contributed by atoms with Crippen LogP contribution in [-0.4, -0.2) is 35.7 Å². The maximum Gasteiger partial charge on any atom is 0.335 e. The van der Waals surface area contributed by atoms with Gasteiger partial charge in [0.25, 0.3) is 10.0 Å². The Balaban J connectivity index is 2.36. The first-order valence-electron chi connectivity index (χ1n) is 6.79. The molecule has 9 heteroatoms. The second-order valence-electron chi connectivity index (χ2n) is 4.89.